The Hall–Kier alpha value is -3.22. The van der Waals surface area contributed by atoms with Crippen molar-refractivity contribution in [3.8, 4) is 11.4 Å². The lowest BCUT2D eigenvalue weighted by molar-refractivity contribution is 0.0950. The van der Waals surface area contributed by atoms with Gasteiger partial charge in [-0.25, -0.2) is 5.43 Å². The first-order valence-corrected chi connectivity index (χ1v) is 7.07. The van der Waals surface area contributed by atoms with Crippen LogP contribution >= 0.6 is 0 Å². The van der Waals surface area contributed by atoms with Crippen LogP contribution < -0.4 is 5.43 Å². The standard InChI is InChI=1S/C16H16N6O/c1-11(12-5-7-17-8-6-12)18-21-16(23)14-10-13(19-20-14)15-4-3-9-22(15)2/h3-10H,1-2H3,(H,19,20)(H,21,23)/b18-11-. The summed E-state index contributed by atoms with van der Waals surface area (Å²) in [5, 5.41) is 11.0. The fourth-order valence-electron chi connectivity index (χ4n) is 2.15. The first-order chi connectivity index (χ1) is 11.1. The van der Waals surface area contributed by atoms with E-state index in [0.29, 0.717) is 17.1 Å². The van der Waals surface area contributed by atoms with Gasteiger partial charge in [-0.05, 0) is 37.3 Å². The summed E-state index contributed by atoms with van der Waals surface area (Å²) < 4.78 is 1.93. The van der Waals surface area contributed by atoms with Crippen LogP contribution in [0.1, 0.15) is 23.0 Å². The second-order valence-corrected chi connectivity index (χ2v) is 5.05. The van der Waals surface area contributed by atoms with Crippen LogP contribution in [0.15, 0.2) is 54.0 Å². The molecule has 2 N–H and O–H groups in total. The molecule has 3 aromatic rings. The fraction of sp³-hybridized carbons (Fsp3) is 0.125. The van der Waals surface area contributed by atoms with Gasteiger partial charge in [0.25, 0.3) is 5.91 Å². The molecule has 3 rings (SSSR count). The molecule has 3 heterocycles. The lowest BCUT2D eigenvalue weighted by Crippen LogP contribution is -2.19. The molecule has 0 saturated heterocycles. The summed E-state index contributed by atoms with van der Waals surface area (Å²) in [5.41, 5.74) is 6.10. The summed E-state index contributed by atoms with van der Waals surface area (Å²) in [5.74, 6) is -0.341. The largest absolute Gasteiger partial charge is 0.349 e. The maximum absolute atomic E-state index is 12.1. The number of aromatic amines is 1. The molecule has 23 heavy (non-hydrogen) atoms. The quantitative estimate of drug-likeness (QED) is 0.570. The first kappa shape index (κ1) is 14.7. The highest BCUT2D eigenvalue weighted by molar-refractivity contribution is 6.00. The van der Waals surface area contributed by atoms with Crippen LogP contribution in [0.4, 0.5) is 0 Å². The third kappa shape index (κ3) is 3.18. The van der Waals surface area contributed by atoms with Gasteiger partial charge in [-0.3, -0.25) is 14.9 Å². The van der Waals surface area contributed by atoms with E-state index < -0.39 is 0 Å². The zero-order valence-corrected chi connectivity index (χ0v) is 12.8. The van der Waals surface area contributed by atoms with E-state index in [1.54, 1.807) is 18.5 Å². The van der Waals surface area contributed by atoms with Gasteiger partial charge in [-0.2, -0.15) is 10.2 Å². The molecule has 7 heteroatoms. The Bertz CT molecular complexity index is 846. The van der Waals surface area contributed by atoms with Gasteiger partial charge in [-0.1, -0.05) is 0 Å². The molecular formula is C16H16N6O. The smallest absolute Gasteiger partial charge is 0.289 e. The predicted molar refractivity (Wildman–Crippen MR) is 86.9 cm³/mol. The van der Waals surface area contributed by atoms with Gasteiger partial charge >= 0.3 is 0 Å². The minimum Gasteiger partial charge on any atom is -0.349 e. The van der Waals surface area contributed by atoms with Gasteiger partial charge in [0.2, 0.25) is 0 Å². The summed E-state index contributed by atoms with van der Waals surface area (Å²) >= 11 is 0. The van der Waals surface area contributed by atoms with Crippen molar-refractivity contribution in [3.63, 3.8) is 0 Å². The summed E-state index contributed by atoms with van der Waals surface area (Å²) in [6, 6.07) is 9.21. The van der Waals surface area contributed by atoms with E-state index >= 15 is 0 Å². The van der Waals surface area contributed by atoms with Gasteiger partial charge in [0.15, 0.2) is 0 Å². The summed E-state index contributed by atoms with van der Waals surface area (Å²) in [6.07, 6.45) is 5.28. The number of hydrazone groups is 1. The highest BCUT2D eigenvalue weighted by atomic mass is 16.2. The molecule has 0 fully saturated rings. The molecular weight excluding hydrogens is 292 g/mol. The van der Waals surface area contributed by atoms with Crippen LogP contribution in [-0.2, 0) is 7.05 Å². The van der Waals surface area contributed by atoms with Gasteiger partial charge in [-0.15, -0.1) is 0 Å². The monoisotopic (exact) mass is 308 g/mol. The average Bonchev–Trinajstić information content (AvgIpc) is 3.21. The number of rotatable bonds is 4. The molecule has 0 atom stereocenters. The number of pyridine rings is 1. The van der Waals surface area contributed by atoms with E-state index in [0.717, 1.165) is 11.3 Å². The summed E-state index contributed by atoms with van der Waals surface area (Å²) in [6.45, 7) is 1.82. The van der Waals surface area contributed by atoms with E-state index in [4.69, 9.17) is 0 Å². The molecule has 0 radical (unpaired) electrons. The van der Waals surface area contributed by atoms with Crippen molar-refractivity contribution in [3.05, 3.63) is 60.2 Å². The van der Waals surface area contributed by atoms with Gasteiger partial charge in [0.1, 0.15) is 11.4 Å². The number of nitrogens with one attached hydrogen (secondary N) is 2. The topological polar surface area (TPSA) is 88.0 Å². The lowest BCUT2D eigenvalue weighted by atomic mass is 10.2. The second kappa shape index (κ2) is 6.27. The number of carbonyl (C=O) groups excluding carboxylic acids is 1. The van der Waals surface area contributed by atoms with E-state index in [9.17, 15) is 4.79 Å². The van der Waals surface area contributed by atoms with Gasteiger partial charge in [0.05, 0.1) is 11.4 Å². The molecule has 0 aliphatic carbocycles. The normalized spacial score (nSPS) is 11.5. The summed E-state index contributed by atoms with van der Waals surface area (Å²) in [4.78, 5) is 16.1. The highest BCUT2D eigenvalue weighted by Crippen LogP contribution is 2.17. The fourth-order valence-corrected chi connectivity index (χ4v) is 2.15. The van der Waals surface area contributed by atoms with Crippen molar-refractivity contribution in [1.82, 2.24) is 25.2 Å². The first-order valence-electron chi connectivity index (χ1n) is 7.07. The van der Waals surface area contributed by atoms with Crippen molar-refractivity contribution < 1.29 is 4.79 Å². The maximum atomic E-state index is 12.1. The Labute approximate surface area is 133 Å². The van der Waals surface area contributed by atoms with Gasteiger partial charge in [0, 0.05) is 31.2 Å². The number of aryl methyl sites for hydroxylation is 1. The molecule has 7 nitrogen and oxygen atoms in total. The van der Waals surface area contributed by atoms with E-state index in [-0.39, 0.29) is 5.91 Å². The third-order valence-electron chi connectivity index (χ3n) is 3.45. The van der Waals surface area contributed by atoms with Crippen molar-refractivity contribution in [2.24, 2.45) is 12.1 Å². The van der Waals surface area contributed by atoms with Crippen LogP contribution in [-0.4, -0.2) is 31.4 Å². The Morgan fingerprint density at radius 3 is 2.78 bits per heavy atom. The summed E-state index contributed by atoms with van der Waals surface area (Å²) in [7, 11) is 1.92. The van der Waals surface area contributed by atoms with Crippen molar-refractivity contribution in [2.75, 3.05) is 0 Å². The lowest BCUT2D eigenvalue weighted by Gasteiger charge is -2.01. The minimum absolute atomic E-state index is 0.341. The van der Waals surface area contributed by atoms with Crippen molar-refractivity contribution in [1.29, 1.82) is 0 Å². The van der Waals surface area contributed by atoms with Crippen LogP contribution in [0.25, 0.3) is 11.4 Å². The molecule has 0 bridgehead atoms. The van der Waals surface area contributed by atoms with Crippen LogP contribution in [0.2, 0.25) is 0 Å². The molecule has 116 valence electrons. The van der Waals surface area contributed by atoms with Crippen LogP contribution in [0.5, 0.6) is 0 Å². The number of aromatic nitrogens is 4. The molecule has 0 saturated carbocycles. The van der Waals surface area contributed by atoms with E-state index in [1.807, 2.05) is 49.0 Å². The molecule has 1 amide bonds. The molecule has 0 aromatic carbocycles. The number of hydrogen-bond donors (Lipinski definition) is 2. The van der Waals surface area contributed by atoms with E-state index in [1.165, 1.54) is 0 Å². The predicted octanol–water partition coefficient (Wildman–Crippen LogP) is 1.96. The number of nitrogens with zero attached hydrogens (tertiary/aromatic N) is 4. The SMILES string of the molecule is C/C(=N/NC(=O)c1cc(-c2cccn2C)n[nH]1)c1ccncc1. The number of carbonyl (C=O) groups is 1. The van der Waals surface area contributed by atoms with Crippen molar-refractivity contribution >= 4 is 11.6 Å². The Morgan fingerprint density at radius 1 is 1.30 bits per heavy atom. The van der Waals surface area contributed by atoms with Crippen LogP contribution in [0, 0.1) is 0 Å². The second-order valence-electron chi connectivity index (χ2n) is 5.05. The zero-order valence-electron chi connectivity index (χ0n) is 12.8. The average molecular weight is 308 g/mol. The molecule has 0 aliphatic heterocycles. The Morgan fingerprint density at radius 2 is 2.09 bits per heavy atom. The Balaban J connectivity index is 1.72. The molecule has 0 unspecified atom stereocenters. The Kier molecular flexibility index (Phi) is 4.01. The number of H-pyrrole nitrogens is 1. The number of hydrogen-bond acceptors (Lipinski definition) is 4. The third-order valence-corrected chi connectivity index (χ3v) is 3.45. The van der Waals surface area contributed by atoms with Crippen LogP contribution in [0.3, 0.4) is 0 Å². The highest BCUT2D eigenvalue weighted by Gasteiger charge is 2.12. The maximum Gasteiger partial charge on any atom is 0.289 e. The number of amides is 1. The molecule has 0 spiro atoms. The van der Waals surface area contributed by atoms with Crippen molar-refractivity contribution in [2.45, 2.75) is 6.92 Å². The zero-order chi connectivity index (χ0) is 16.2. The van der Waals surface area contributed by atoms with E-state index in [2.05, 4.69) is 25.7 Å². The minimum atomic E-state index is -0.341. The molecule has 3 aromatic heterocycles. The van der Waals surface area contributed by atoms with Gasteiger partial charge < -0.3 is 4.57 Å². The molecule has 0 aliphatic rings.